The minimum absolute atomic E-state index is 0.00840. The summed E-state index contributed by atoms with van der Waals surface area (Å²) in [5, 5.41) is 11.8. The molecular weight excluding hydrogens is 258 g/mol. The number of carbonyl (C=O) groups is 2. The molecule has 20 heavy (non-hydrogen) atoms. The lowest BCUT2D eigenvalue weighted by Gasteiger charge is -2.22. The largest absolute Gasteiger partial charge is 0.480 e. The van der Waals surface area contributed by atoms with Crippen LogP contribution in [0.5, 0.6) is 0 Å². The van der Waals surface area contributed by atoms with Gasteiger partial charge in [0.05, 0.1) is 6.54 Å². The highest BCUT2D eigenvalue weighted by Crippen LogP contribution is 2.23. The van der Waals surface area contributed by atoms with Crippen LogP contribution in [0.3, 0.4) is 0 Å². The van der Waals surface area contributed by atoms with E-state index in [0.29, 0.717) is 25.6 Å². The average Bonchev–Trinajstić information content (AvgIpc) is 2.82. The fraction of sp³-hybridized carbons (Fsp3) is 0.857. The summed E-state index contributed by atoms with van der Waals surface area (Å²) in [5.74, 6) is -0.154. The second-order valence-corrected chi connectivity index (χ2v) is 5.85. The monoisotopic (exact) mass is 283 g/mol. The van der Waals surface area contributed by atoms with Crippen molar-refractivity contribution in [3.8, 4) is 0 Å². The number of hydrogen-bond donors (Lipinski definition) is 2. The van der Waals surface area contributed by atoms with Crippen LogP contribution in [-0.4, -0.2) is 66.2 Å². The third kappa shape index (κ3) is 4.67. The zero-order chi connectivity index (χ0) is 14.4. The number of carboxylic acids is 1. The SMILES string of the molecule is O=C(O)CN1CCCN(C(=O)NCC2CCCC2)CC1. The molecule has 2 aliphatic rings. The molecule has 2 amide bonds. The first-order chi connectivity index (χ1) is 9.65. The normalized spacial score (nSPS) is 21.7. The first-order valence-electron chi connectivity index (χ1n) is 7.62. The van der Waals surface area contributed by atoms with E-state index >= 15 is 0 Å². The second-order valence-electron chi connectivity index (χ2n) is 5.85. The summed E-state index contributed by atoms with van der Waals surface area (Å²) in [5.41, 5.74) is 0. The van der Waals surface area contributed by atoms with Crippen LogP contribution in [-0.2, 0) is 4.79 Å². The predicted molar refractivity (Wildman–Crippen MR) is 75.6 cm³/mol. The van der Waals surface area contributed by atoms with E-state index < -0.39 is 5.97 Å². The van der Waals surface area contributed by atoms with Crippen molar-refractivity contribution in [3.63, 3.8) is 0 Å². The Morgan fingerprint density at radius 3 is 2.50 bits per heavy atom. The lowest BCUT2D eigenvalue weighted by Crippen LogP contribution is -2.43. The number of aliphatic carboxylic acids is 1. The Morgan fingerprint density at radius 2 is 1.80 bits per heavy atom. The van der Waals surface area contributed by atoms with Crippen LogP contribution >= 0.6 is 0 Å². The summed E-state index contributed by atoms with van der Waals surface area (Å²) in [6.45, 7) is 3.57. The Balaban J connectivity index is 1.71. The van der Waals surface area contributed by atoms with Gasteiger partial charge < -0.3 is 15.3 Å². The molecule has 0 aromatic heterocycles. The van der Waals surface area contributed by atoms with Crippen LogP contribution < -0.4 is 5.32 Å². The van der Waals surface area contributed by atoms with Gasteiger partial charge in [-0.25, -0.2) is 4.79 Å². The highest BCUT2D eigenvalue weighted by molar-refractivity contribution is 5.74. The highest BCUT2D eigenvalue weighted by Gasteiger charge is 2.21. The smallest absolute Gasteiger partial charge is 0.317 e. The van der Waals surface area contributed by atoms with Crippen LogP contribution in [0, 0.1) is 5.92 Å². The molecule has 0 aromatic carbocycles. The van der Waals surface area contributed by atoms with Crippen molar-refractivity contribution in [1.82, 2.24) is 15.1 Å². The van der Waals surface area contributed by atoms with Gasteiger partial charge in [0, 0.05) is 32.7 Å². The standard InChI is InChI=1S/C14H25N3O3/c18-13(19)11-16-6-3-7-17(9-8-16)14(20)15-10-12-4-1-2-5-12/h12H,1-11H2,(H,15,20)(H,18,19). The van der Waals surface area contributed by atoms with Gasteiger partial charge in [0.25, 0.3) is 0 Å². The molecule has 1 saturated carbocycles. The Hall–Kier alpha value is -1.30. The molecule has 0 unspecified atom stereocenters. The van der Waals surface area contributed by atoms with Gasteiger partial charge in [0.2, 0.25) is 0 Å². The molecule has 1 aliphatic heterocycles. The van der Waals surface area contributed by atoms with E-state index in [0.717, 1.165) is 19.5 Å². The zero-order valence-corrected chi connectivity index (χ0v) is 12.0. The molecule has 0 radical (unpaired) electrons. The Kier molecular flexibility index (Phi) is 5.64. The van der Waals surface area contributed by atoms with Crippen molar-refractivity contribution in [2.24, 2.45) is 5.92 Å². The summed E-state index contributed by atoms with van der Waals surface area (Å²) >= 11 is 0. The van der Waals surface area contributed by atoms with Gasteiger partial charge in [-0.1, -0.05) is 12.8 Å². The summed E-state index contributed by atoms with van der Waals surface area (Å²) < 4.78 is 0. The molecule has 114 valence electrons. The minimum atomic E-state index is -0.802. The summed E-state index contributed by atoms with van der Waals surface area (Å²) in [6, 6.07) is 0.00840. The molecule has 0 atom stereocenters. The van der Waals surface area contributed by atoms with Crippen molar-refractivity contribution in [2.45, 2.75) is 32.1 Å². The first kappa shape index (κ1) is 15.1. The van der Waals surface area contributed by atoms with E-state index in [1.54, 1.807) is 0 Å². The molecule has 6 nitrogen and oxygen atoms in total. The van der Waals surface area contributed by atoms with Crippen LogP contribution in [0.1, 0.15) is 32.1 Å². The van der Waals surface area contributed by atoms with Crippen molar-refractivity contribution >= 4 is 12.0 Å². The summed E-state index contributed by atoms with van der Waals surface area (Å²) in [4.78, 5) is 26.5. The van der Waals surface area contributed by atoms with E-state index in [2.05, 4.69) is 5.32 Å². The molecule has 0 bridgehead atoms. The van der Waals surface area contributed by atoms with E-state index in [1.165, 1.54) is 25.7 Å². The average molecular weight is 283 g/mol. The lowest BCUT2D eigenvalue weighted by molar-refractivity contribution is -0.138. The fourth-order valence-corrected chi connectivity index (χ4v) is 3.08. The Morgan fingerprint density at radius 1 is 1.05 bits per heavy atom. The maximum Gasteiger partial charge on any atom is 0.317 e. The van der Waals surface area contributed by atoms with Gasteiger partial charge in [-0.05, 0) is 25.2 Å². The van der Waals surface area contributed by atoms with Gasteiger partial charge in [0.15, 0.2) is 0 Å². The molecule has 0 aromatic rings. The van der Waals surface area contributed by atoms with E-state index in [4.69, 9.17) is 5.11 Å². The van der Waals surface area contributed by atoms with Gasteiger partial charge in [-0.2, -0.15) is 0 Å². The maximum atomic E-state index is 12.1. The number of nitrogens with one attached hydrogen (secondary N) is 1. The third-order valence-corrected chi connectivity index (χ3v) is 4.25. The number of amides is 2. The molecule has 1 heterocycles. The van der Waals surface area contributed by atoms with Gasteiger partial charge in [-0.3, -0.25) is 9.69 Å². The van der Waals surface area contributed by atoms with Crippen LogP contribution in [0.4, 0.5) is 4.79 Å². The van der Waals surface area contributed by atoms with Crippen molar-refractivity contribution in [1.29, 1.82) is 0 Å². The molecule has 2 rings (SSSR count). The highest BCUT2D eigenvalue weighted by atomic mass is 16.4. The topological polar surface area (TPSA) is 72.9 Å². The van der Waals surface area contributed by atoms with Gasteiger partial charge >= 0.3 is 12.0 Å². The lowest BCUT2D eigenvalue weighted by atomic mass is 10.1. The van der Waals surface area contributed by atoms with Crippen LogP contribution in [0.2, 0.25) is 0 Å². The van der Waals surface area contributed by atoms with Crippen molar-refractivity contribution in [2.75, 3.05) is 39.3 Å². The van der Waals surface area contributed by atoms with E-state index in [1.807, 2.05) is 9.80 Å². The van der Waals surface area contributed by atoms with E-state index in [-0.39, 0.29) is 12.6 Å². The Labute approximate surface area is 120 Å². The Bertz CT molecular complexity index is 343. The molecule has 0 spiro atoms. The minimum Gasteiger partial charge on any atom is -0.480 e. The molecule has 2 N–H and O–H groups in total. The number of carboxylic acid groups (broad SMARTS) is 1. The van der Waals surface area contributed by atoms with Crippen LogP contribution in [0.25, 0.3) is 0 Å². The quantitative estimate of drug-likeness (QED) is 0.806. The number of carbonyl (C=O) groups excluding carboxylic acids is 1. The van der Waals surface area contributed by atoms with E-state index in [9.17, 15) is 9.59 Å². The summed E-state index contributed by atoms with van der Waals surface area (Å²) in [6.07, 6.45) is 5.87. The second kappa shape index (κ2) is 7.47. The number of nitrogens with zero attached hydrogens (tertiary/aromatic N) is 2. The maximum absolute atomic E-state index is 12.1. The molecular formula is C14H25N3O3. The fourth-order valence-electron chi connectivity index (χ4n) is 3.08. The predicted octanol–water partition coefficient (Wildman–Crippen LogP) is 0.978. The first-order valence-corrected chi connectivity index (χ1v) is 7.62. The third-order valence-electron chi connectivity index (χ3n) is 4.25. The number of rotatable bonds is 4. The van der Waals surface area contributed by atoms with Gasteiger partial charge in [-0.15, -0.1) is 0 Å². The molecule has 2 fully saturated rings. The van der Waals surface area contributed by atoms with Gasteiger partial charge in [0.1, 0.15) is 0 Å². The molecule has 1 saturated heterocycles. The van der Waals surface area contributed by atoms with Crippen molar-refractivity contribution in [3.05, 3.63) is 0 Å². The zero-order valence-electron chi connectivity index (χ0n) is 12.0. The summed E-state index contributed by atoms with van der Waals surface area (Å²) in [7, 11) is 0. The molecule has 1 aliphatic carbocycles. The number of urea groups is 1. The van der Waals surface area contributed by atoms with Crippen LogP contribution in [0.15, 0.2) is 0 Å². The number of hydrogen-bond acceptors (Lipinski definition) is 3. The molecule has 6 heteroatoms. The van der Waals surface area contributed by atoms with Crippen molar-refractivity contribution < 1.29 is 14.7 Å².